The molecular formula is C17H24N2O2. The molecule has 1 aliphatic carbocycles. The highest BCUT2D eigenvalue weighted by molar-refractivity contribution is 5.79. The Hall–Kier alpha value is -1.71. The van der Waals surface area contributed by atoms with Crippen LogP contribution in [0.3, 0.4) is 0 Å². The molecule has 3 N–H and O–H groups in total. The van der Waals surface area contributed by atoms with Crippen molar-refractivity contribution in [3.63, 3.8) is 0 Å². The lowest BCUT2D eigenvalue weighted by Gasteiger charge is -2.38. The lowest BCUT2D eigenvalue weighted by Crippen LogP contribution is -2.42. The average Bonchev–Trinajstić information content (AvgIpc) is 3.22. The van der Waals surface area contributed by atoms with E-state index in [2.05, 4.69) is 19.2 Å². The Labute approximate surface area is 126 Å². The number of nitrogens with two attached hydrogens (primary N) is 1. The Balaban J connectivity index is 1.83. The summed E-state index contributed by atoms with van der Waals surface area (Å²) in [6, 6.07) is 5.62. The third-order valence-electron chi connectivity index (χ3n) is 4.55. The zero-order chi connectivity index (χ0) is 15.2. The maximum atomic E-state index is 12.4. The molecule has 114 valence electrons. The minimum Gasteiger partial charge on any atom is -0.487 e. The van der Waals surface area contributed by atoms with Crippen molar-refractivity contribution >= 4 is 11.6 Å². The second-order valence-corrected chi connectivity index (χ2v) is 7.05. The monoisotopic (exact) mass is 288 g/mol. The lowest BCUT2D eigenvalue weighted by molar-refractivity contribution is -0.126. The summed E-state index contributed by atoms with van der Waals surface area (Å²) in [6.07, 6.45) is 3.11. The van der Waals surface area contributed by atoms with Gasteiger partial charge in [-0.25, -0.2) is 0 Å². The third-order valence-corrected chi connectivity index (χ3v) is 4.55. The second kappa shape index (κ2) is 4.93. The predicted molar refractivity (Wildman–Crippen MR) is 83.0 cm³/mol. The molecule has 2 unspecified atom stereocenters. The van der Waals surface area contributed by atoms with E-state index in [0.717, 1.165) is 17.7 Å². The van der Waals surface area contributed by atoms with Crippen molar-refractivity contribution in [2.75, 3.05) is 5.73 Å². The Kier molecular flexibility index (Phi) is 3.34. The molecule has 4 nitrogen and oxygen atoms in total. The van der Waals surface area contributed by atoms with Crippen LogP contribution in [-0.4, -0.2) is 11.5 Å². The van der Waals surface area contributed by atoms with Crippen molar-refractivity contribution < 1.29 is 9.53 Å². The van der Waals surface area contributed by atoms with Crippen LogP contribution in [-0.2, 0) is 4.79 Å². The molecule has 4 heteroatoms. The van der Waals surface area contributed by atoms with E-state index in [4.69, 9.17) is 10.5 Å². The van der Waals surface area contributed by atoms with Gasteiger partial charge in [0.25, 0.3) is 0 Å². The van der Waals surface area contributed by atoms with Gasteiger partial charge in [0, 0.05) is 23.6 Å². The van der Waals surface area contributed by atoms with Gasteiger partial charge in [-0.3, -0.25) is 4.79 Å². The fourth-order valence-corrected chi connectivity index (χ4v) is 3.12. The minimum atomic E-state index is -0.288. The Morgan fingerprint density at radius 1 is 1.43 bits per heavy atom. The largest absolute Gasteiger partial charge is 0.487 e. The molecule has 1 saturated carbocycles. The molecule has 0 saturated heterocycles. The van der Waals surface area contributed by atoms with Gasteiger partial charge in [-0.1, -0.05) is 6.92 Å². The maximum absolute atomic E-state index is 12.4. The fraction of sp³-hybridized carbons (Fsp3) is 0.588. The number of hydrogen-bond acceptors (Lipinski definition) is 3. The van der Waals surface area contributed by atoms with Crippen LogP contribution in [0.1, 0.15) is 51.6 Å². The van der Waals surface area contributed by atoms with Crippen LogP contribution >= 0.6 is 0 Å². The topological polar surface area (TPSA) is 64.3 Å². The Morgan fingerprint density at radius 3 is 2.81 bits per heavy atom. The molecule has 1 aromatic rings. The summed E-state index contributed by atoms with van der Waals surface area (Å²) in [5.74, 6) is 1.64. The Morgan fingerprint density at radius 2 is 2.14 bits per heavy atom. The number of ether oxygens (including phenoxy) is 1. The van der Waals surface area contributed by atoms with Crippen LogP contribution in [0.25, 0.3) is 0 Å². The normalized spacial score (nSPS) is 24.6. The van der Waals surface area contributed by atoms with Gasteiger partial charge >= 0.3 is 0 Å². The number of carbonyl (C=O) groups is 1. The van der Waals surface area contributed by atoms with Crippen LogP contribution in [0.4, 0.5) is 5.69 Å². The smallest absolute Gasteiger partial charge is 0.223 e. The average molecular weight is 288 g/mol. The summed E-state index contributed by atoms with van der Waals surface area (Å²) in [7, 11) is 0. The number of amides is 1. The van der Waals surface area contributed by atoms with Gasteiger partial charge in [0.05, 0.1) is 6.04 Å². The maximum Gasteiger partial charge on any atom is 0.223 e. The van der Waals surface area contributed by atoms with E-state index in [1.807, 2.05) is 25.1 Å². The highest BCUT2D eigenvalue weighted by Gasteiger charge is 2.37. The summed E-state index contributed by atoms with van der Waals surface area (Å²) in [5.41, 5.74) is 7.30. The first-order valence-corrected chi connectivity index (χ1v) is 7.74. The van der Waals surface area contributed by atoms with Crippen molar-refractivity contribution in [2.24, 2.45) is 11.8 Å². The summed E-state index contributed by atoms with van der Waals surface area (Å²) < 4.78 is 6.00. The van der Waals surface area contributed by atoms with Crippen LogP contribution < -0.4 is 15.8 Å². The molecule has 1 aromatic carbocycles. The molecule has 3 rings (SSSR count). The highest BCUT2D eigenvalue weighted by Crippen LogP contribution is 2.41. The van der Waals surface area contributed by atoms with Crippen LogP contribution in [0, 0.1) is 11.8 Å². The van der Waals surface area contributed by atoms with E-state index in [0.29, 0.717) is 11.6 Å². The molecule has 2 atom stereocenters. The van der Waals surface area contributed by atoms with Crippen molar-refractivity contribution in [3.8, 4) is 5.75 Å². The molecule has 1 aliphatic heterocycles. The Bertz CT molecular complexity index is 564. The van der Waals surface area contributed by atoms with E-state index in [1.54, 1.807) is 0 Å². The molecule has 0 bridgehead atoms. The molecule has 1 amide bonds. The zero-order valence-electron chi connectivity index (χ0n) is 13.0. The van der Waals surface area contributed by atoms with Gasteiger partial charge in [-0.2, -0.15) is 0 Å². The number of fused-ring (bicyclic) bond motifs is 1. The van der Waals surface area contributed by atoms with Crippen molar-refractivity contribution in [2.45, 2.75) is 51.7 Å². The fourth-order valence-electron chi connectivity index (χ4n) is 3.12. The highest BCUT2D eigenvalue weighted by atomic mass is 16.5. The van der Waals surface area contributed by atoms with Gasteiger partial charge < -0.3 is 15.8 Å². The van der Waals surface area contributed by atoms with E-state index >= 15 is 0 Å². The van der Waals surface area contributed by atoms with E-state index in [9.17, 15) is 4.79 Å². The summed E-state index contributed by atoms with van der Waals surface area (Å²) >= 11 is 0. The number of nitrogens with one attached hydrogen (secondary N) is 1. The van der Waals surface area contributed by atoms with Crippen LogP contribution in [0.2, 0.25) is 0 Å². The van der Waals surface area contributed by atoms with Gasteiger partial charge in [0.15, 0.2) is 0 Å². The van der Waals surface area contributed by atoms with Gasteiger partial charge in [-0.15, -0.1) is 0 Å². The first-order chi connectivity index (χ1) is 9.85. The van der Waals surface area contributed by atoms with E-state index in [1.165, 1.54) is 12.8 Å². The van der Waals surface area contributed by atoms with E-state index < -0.39 is 0 Å². The zero-order valence-corrected chi connectivity index (χ0v) is 13.0. The van der Waals surface area contributed by atoms with Crippen molar-refractivity contribution in [3.05, 3.63) is 23.8 Å². The van der Waals surface area contributed by atoms with Crippen molar-refractivity contribution in [1.29, 1.82) is 0 Å². The molecule has 2 aliphatic rings. The van der Waals surface area contributed by atoms with Gasteiger partial charge in [0.1, 0.15) is 11.4 Å². The van der Waals surface area contributed by atoms with Gasteiger partial charge in [-0.05, 0) is 50.8 Å². The van der Waals surface area contributed by atoms with Gasteiger partial charge in [0.2, 0.25) is 5.91 Å². The summed E-state index contributed by atoms with van der Waals surface area (Å²) in [4.78, 5) is 12.4. The first kappa shape index (κ1) is 14.2. The number of rotatable bonds is 3. The standard InChI is InChI=1S/C17H24N2O2/c1-10(11-4-5-11)16(20)19-14-9-17(2,3)21-15-7-6-12(18)8-13(14)15/h6-8,10-11,14H,4-5,9,18H2,1-3H3,(H,19,20). The third kappa shape index (κ3) is 2.99. The summed E-state index contributed by atoms with van der Waals surface area (Å²) in [5, 5.41) is 3.20. The molecule has 1 fully saturated rings. The molecule has 21 heavy (non-hydrogen) atoms. The van der Waals surface area contributed by atoms with E-state index in [-0.39, 0.29) is 23.5 Å². The lowest BCUT2D eigenvalue weighted by atomic mass is 9.89. The molecule has 1 heterocycles. The number of hydrogen-bond donors (Lipinski definition) is 2. The number of benzene rings is 1. The second-order valence-electron chi connectivity index (χ2n) is 7.05. The van der Waals surface area contributed by atoms with Crippen molar-refractivity contribution in [1.82, 2.24) is 5.32 Å². The number of anilines is 1. The number of carbonyl (C=O) groups excluding carboxylic acids is 1. The quantitative estimate of drug-likeness (QED) is 0.840. The molecule has 0 spiro atoms. The first-order valence-electron chi connectivity index (χ1n) is 7.74. The molecular weight excluding hydrogens is 264 g/mol. The number of nitrogen functional groups attached to an aromatic ring is 1. The molecule has 0 radical (unpaired) electrons. The molecule has 0 aromatic heterocycles. The van der Waals surface area contributed by atoms with Crippen LogP contribution in [0.5, 0.6) is 5.75 Å². The van der Waals surface area contributed by atoms with Crippen LogP contribution in [0.15, 0.2) is 18.2 Å². The SMILES string of the molecule is CC(C(=O)NC1CC(C)(C)Oc2ccc(N)cc21)C1CC1. The summed E-state index contributed by atoms with van der Waals surface area (Å²) in [6.45, 7) is 6.13. The predicted octanol–water partition coefficient (Wildman–Crippen LogP) is 3.03. The minimum absolute atomic E-state index is 0.0269.